The minimum atomic E-state index is -0.290. The zero-order valence-corrected chi connectivity index (χ0v) is 28.6. The minimum absolute atomic E-state index is 0. The van der Waals surface area contributed by atoms with Gasteiger partial charge in [0.2, 0.25) is 5.91 Å². The molecule has 0 unspecified atom stereocenters. The number of carbonyl (C=O) groups excluding carboxylic acids is 2. The first-order valence-electron chi connectivity index (χ1n) is 17.7. The van der Waals surface area contributed by atoms with Crippen molar-refractivity contribution in [1.29, 1.82) is 0 Å². The average Bonchev–Trinajstić information content (AvgIpc) is 3.61. The highest BCUT2D eigenvalue weighted by molar-refractivity contribution is 5.83. The van der Waals surface area contributed by atoms with Crippen LogP contribution in [-0.4, -0.2) is 34.3 Å². The number of likely N-dealkylation sites (tertiary alicyclic amines) is 1. The van der Waals surface area contributed by atoms with Gasteiger partial charge in [-0.2, -0.15) is 0 Å². The van der Waals surface area contributed by atoms with E-state index in [0.717, 1.165) is 37.7 Å². The van der Waals surface area contributed by atoms with E-state index in [4.69, 9.17) is 0 Å². The molecule has 258 valence electrons. The van der Waals surface area contributed by atoms with Crippen molar-refractivity contribution in [2.45, 2.75) is 65.5 Å². The molecule has 2 aliphatic rings. The van der Waals surface area contributed by atoms with Crippen LogP contribution in [0.1, 0.15) is 63.3 Å². The molecule has 1 N–H and O–H groups in total. The predicted octanol–water partition coefficient (Wildman–Crippen LogP) is 10.0. The Labute approximate surface area is 298 Å². The summed E-state index contributed by atoms with van der Waals surface area (Å²) in [6, 6.07) is 47.8. The zero-order valence-electron chi connectivity index (χ0n) is 28.6. The second-order valence-electron chi connectivity index (χ2n) is 13.9. The van der Waals surface area contributed by atoms with Crippen LogP contribution < -0.4 is 0 Å². The summed E-state index contributed by atoms with van der Waals surface area (Å²) in [4.78, 5) is 26.5. The molecule has 1 saturated carbocycles. The highest BCUT2D eigenvalue weighted by Gasteiger charge is 2.41. The summed E-state index contributed by atoms with van der Waals surface area (Å²) < 4.78 is 0. The highest BCUT2D eigenvalue weighted by Crippen LogP contribution is 2.35. The third-order valence-electron chi connectivity index (χ3n) is 10.2. The molecule has 1 aliphatic heterocycles. The van der Waals surface area contributed by atoms with Crippen LogP contribution in [0.5, 0.6) is 0 Å². The van der Waals surface area contributed by atoms with Gasteiger partial charge in [0.05, 0.1) is 12.6 Å². The second-order valence-corrected chi connectivity index (χ2v) is 13.9. The van der Waals surface area contributed by atoms with Gasteiger partial charge in [-0.05, 0) is 70.5 Å². The Bertz CT molecular complexity index is 1790. The Balaban J connectivity index is 0.000000203. The van der Waals surface area contributed by atoms with Crippen LogP contribution in [0.25, 0.3) is 22.3 Å². The molecule has 0 radical (unpaired) electrons. The summed E-state index contributed by atoms with van der Waals surface area (Å²) in [7, 11) is 0. The molecule has 0 bridgehead atoms. The van der Waals surface area contributed by atoms with E-state index in [1.165, 1.54) is 33.4 Å². The Hall–Kier alpha value is -4.80. The lowest BCUT2D eigenvalue weighted by Crippen LogP contribution is -2.40. The maximum absolute atomic E-state index is 12.9. The number of hydrogen-bond acceptors (Lipinski definition) is 3. The summed E-state index contributed by atoms with van der Waals surface area (Å²) >= 11 is 0. The molecule has 2 fully saturated rings. The van der Waals surface area contributed by atoms with E-state index in [2.05, 4.69) is 91.9 Å². The van der Waals surface area contributed by atoms with Crippen LogP contribution in [0.2, 0.25) is 0 Å². The van der Waals surface area contributed by atoms with Crippen LogP contribution in [0.3, 0.4) is 0 Å². The molecule has 4 heteroatoms. The quantitative estimate of drug-likeness (QED) is 0.171. The molecule has 1 aliphatic carbocycles. The van der Waals surface area contributed by atoms with Crippen LogP contribution in [0.15, 0.2) is 140 Å². The number of Topliss-reactive ketones (excluding diaryl/α,β-unsaturated/α-hetero) is 1. The number of nitrogens with zero attached hydrogens (tertiary/aromatic N) is 1. The number of ketones is 1. The first-order valence-corrected chi connectivity index (χ1v) is 17.7. The Morgan fingerprint density at radius 3 is 1.52 bits per heavy atom. The van der Waals surface area contributed by atoms with Crippen molar-refractivity contribution in [3.05, 3.63) is 156 Å². The van der Waals surface area contributed by atoms with Gasteiger partial charge in [-0.3, -0.25) is 9.59 Å². The average molecular weight is 666 g/mol. The Morgan fingerprint density at radius 2 is 1.06 bits per heavy atom. The van der Waals surface area contributed by atoms with Gasteiger partial charge < -0.3 is 10.0 Å². The fourth-order valence-electron chi connectivity index (χ4n) is 7.56. The van der Waals surface area contributed by atoms with Crippen LogP contribution in [0, 0.1) is 17.8 Å². The van der Waals surface area contributed by atoms with Crippen LogP contribution in [-0.2, 0) is 22.4 Å². The first kappa shape index (κ1) is 36.5. The maximum atomic E-state index is 12.9. The van der Waals surface area contributed by atoms with Crippen molar-refractivity contribution in [2.75, 3.05) is 6.61 Å². The Morgan fingerprint density at radius 1 is 0.600 bits per heavy atom. The predicted molar refractivity (Wildman–Crippen MR) is 205 cm³/mol. The molecule has 5 aromatic carbocycles. The van der Waals surface area contributed by atoms with Crippen LogP contribution in [0.4, 0.5) is 0 Å². The largest absolute Gasteiger partial charge is 0.394 e. The molecule has 1 amide bonds. The lowest BCUT2D eigenvalue weighted by Gasteiger charge is -2.33. The number of amides is 1. The summed E-state index contributed by atoms with van der Waals surface area (Å²) in [6.07, 6.45) is 4.48. The highest BCUT2D eigenvalue weighted by atomic mass is 16.3. The number of benzene rings is 5. The van der Waals surface area contributed by atoms with E-state index >= 15 is 0 Å². The van der Waals surface area contributed by atoms with E-state index in [1.54, 1.807) is 0 Å². The number of aliphatic hydroxyl groups is 1. The van der Waals surface area contributed by atoms with Crippen LogP contribution >= 0.6 is 0 Å². The van der Waals surface area contributed by atoms with E-state index in [-0.39, 0.29) is 43.9 Å². The van der Waals surface area contributed by atoms with Crippen molar-refractivity contribution in [3.8, 4) is 22.3 Å². The van der Waals surface area contributed by atoms with Gasteiger partial charge in [0.1, 0.15) is 5.78 Å². The molecule has 5 aromatic rings. The topological polar surface area (TPSA) is 57.6 Å². The third-order valence-corrected chi connectivity index (χ3v) is 10.2. The van der Waals surface area contributed by atoms with Gasteiger partial charge in [-0.15, -0.1) is 0 Å². The van der Waals surface area contributed by atoms with Crippen molar-refractivity contribution < 1.29 is 14.7 Å². The maximum Gasteiger partial charge on any atom is 0.226 e. The molecule has 4 nitrogen and oxygen atoms in total. The van der Waals surface area contributed by atoms with Gasteiger partial charge in [-0.25, -0.2) is 0 Å². The standard InChI is InChI=1S/C26H27NO2.C19H20O.CH4/c1-19-16-24(27(26(19)29)25(18-28)23-10-6-3-7-11-23)17-20-12-14-22(15-13-20)21-8-4-2-5-9-21;1-14-11-16(13-19(14)20)12-15-7-9-18(10-8-15)17-5-3-2-4-6-17;/h2-15,19,24-25,28H,16-18H2,1H3;2-10,14,16H,11-13H2,1H3;1H4/t19-,24+,25+;14-,16+;/m11./s1. The van der Waals surface area contributed by atoms with Crippen molar-refractivity contribution in [3.63, 3.8) is 0 Å². The molecular weight excluding hydrogens is 615 g/mol. The molecule has 5 atom stereocenters. The number of aliphatic hydroxyl groups excluding tert-OH is 1. The van der Waals surface area contributed by atoms with Gasteiger partial charge in [-0.1, -0.05) is 161 Å². The third kappa shape index (κ3) is 8.86. The van der Waals surface area contributed by atoms with Gasteiger partial charge >= 0.3 is 0 Å². The van der Waals surface area contributed by atoms with E-state index in [9.17, 15) is 14.7 Å². The molecule has 7 rings (SSSR count). The second kappa shape index (κ2) is 17.2. The van der Waals surface area contributed by atoms with E-state index in [0.29, 0.717) is 11.7 Å². The Kier molecular flexibility index (Phi) is 12.6. The fourth-order valence-corrected chi connectivity index (χ4v) is 7.56. The summed E-state index contributed by atoms with van der Waals surface area (Å²) in [5.74, 6) is 1.37. The van der Waals surface area contributed by atoms with Gasteiger partial charge in [0.25, 0.3) is 0 Å². The first-order chi connectivity index (χ1) is 23.9. The van der Waals surface area contributed by atoms with Gasteiger partial charge in [0.15, 0.2) is 0 Å². The SMILES string of the molecule is C.C[C@@H]1C[C@@H](Cc2ccc(-c3ccccc3)cc2)CC1=O.C[C@@H]1C[C@@H](Cc2ccc(-c3ccccc3)cc2)N([C@@H](CO)c2ccccc2)C1=O. The number of hydrogen-bond donors (Lipinski definition) is 1. The summed E-state index contributed by atoms with van der Waals surface area (Å²) in [5, 5.41) is 10.1. The van der Waals surface area contributed by atoms with E-state index < -0.39 is 0 Å². The lowest BCUT2D eigenvalue weighted by molar-refractivity contribution is -0.135. The lowest BCUT2D eigenvalue weighted by atomic mass is 9.95. The molecule has 0 aromatic heterocycles. The van der Waals surface area contributed by atoms with Crippen molar-refractivity contribution in [1.82, 2.24) is 4.90 Å². The minimum Gasteiger partial charge on any atom is -0.394 e. The number of carbonyl (C=O) groups is 2. The zero-order chi connectivity index (χ0) is 34.2. The van der Waals surface area contributed by atoms with E-state index in [1.807, 2.05) is 66.4 Å². The van der Waals surface area contributed by atoms with Crippen molar-refractivity contribution in [2.24, 2.45) is 17.8 Å². The fraction of sp³-hybridized carbons (Fsp3) is 0.304. The molecule has 1 heterocycles. The molecule has 0 spiro atoms. The number of rotatable bonds is 9. The normalized spacial score (nSPS) is 20.5. The van der Waals surface area contributed by atoms with Crippen molar-refractivity contribution >= 4 is 11.7 Å². The smallest absolute Gasteiger partial charge is 0.226 e. The van der Waals surface area contributed by atoms with Gasteiger partial charge in [0, 0.05) is 24.3 Å². The molecular formula is C46H51NO3. The molecule has 50 heavy (non-hydrogen) atoms. The molecule has 1 saturated heterocycles. The summed E-state index contributed by atoms with van der Waals surface area (Å²) in [6.45, 7) is 3.99. The monoisotopic (exact) mass is 665 g/mol. The summed E-state index contributed by atoms with van der Waals surface area (Å²) in [5.41, 5.74) is 8.45.